The third-order valence-corrected chi connectivity index (χ3v) is 6.22. The van der Waals surface area contributed by atoms with E-state index in [0.717, 1.165) is 68.9 Å². The second-order valence-corrected chi connectivity index (χ2v) is 8.88. The van der Waals surface area contributed by atoms with Crippen LogP contribution >= 0.6 is 11.3 Å². The van der Waals surface area contributed by atoms with Crippen molar-refractivity contribution in [2.45, 2.75) is 33.2 Å². The van der Waals surface area contributed by atoms with E-state index in [0.29, 0.717) is 0 Å². The van der Waals surface area contributed by atoms with E-state index in [1.807, 2.05) is 0 Å². The van der Waals surface area contributed by atoms with Crippen LogP contribution in [-0.2, 0) is 6.54 Å². The van der Waals surface area contributed by atoms with Gasteiger partial charge in [-0.1, -0.05) is 18.2 Å². The van der Waals surface area contributed by atoms with Gasteiger partial charge in [-0.25, -0.2) is 4.98 Å². The Morgan fingerprint density at radius 1 is 1.17 bits per heavy atom. The summed E-state index contributed by atoms with van der Waals surface area (Å²) in [4.78, 5) is 16.6. The number of guanidine groups is 1. The number of anilines is 1. The van der Waals surface area contributed by atoms with E-state index < -0.39 is 0 Å². The number of nitrogens with one attached hydrogen (secondary N) is 1. The van der Waals surface area contributed by atoms with Crippen molar-refractivity contribution >= 4 is 23.0 Å². The van der Waals surface area contributed by atoms with Gasteiger partial charge in [0, 0.05) is 57.4 Å². The number of piperazine rings is 1. The summed E-state index contributed by atoms with van der Waals surface area (Å²) in [6.45, 7) is 12.4. The maximum absolute atomic E-state index is 4.83. The van der Waals surface area contributed by atoms with Crippen LogP contribution in [-0.4, -0.2) is 73.6 Å². The fourth-order valence-electron chi connectivity index (χ4n) is 3.77. The fraction of sp³-hybridized carbons (Fsp3) is 0.565. The largest absolute Gasteiger partial charge is 0.369 e. The van der Waals surface area contributed by atoms with Crippen LogP contribution in [0.4, 0.5) is 5.69 Å². The molecule has 1 saturated heterocycles. The Bertz CT molecular complexity index is 767. The minimum absolute atomic E-state index is 0.794. The number of hydrogen-bond donors (Lipinski definition) is 1. The molecular formula is C23H36N6S. The highest BCUT2D eigenvalue weighted by Gasteiger charge is 2.16. The molecule has 0 aliphatic carbocycles. The minimum Gasteiger partial charge on any atom is -0.369 e. The molecule has 1 aliphatic rings. The quantitative estimate of drug-likeness (QED) is 0.377. The third kappa shape index (κ3) is 6.99. The lowest BCUT2D eigenvalue weighted by molar-refractivity contribution is 0.253. The van der Waals surface area contributed by atoms with Gasteiger partial charge in [0.05, 0.1) is 17.2 Å². The molecule has 2 heterocycles. The first-order valence-corrected chi connectivity index (χ1v) is 12.0. The molecule has 0 atom stereocenters. The zero-order chi connectivity index (χ0) is 21.2. The number of para-hydroxylation sites is 1. The molecule has 1 aromatic heterocycles. The van der Waals surface area contributed by atoms with E-state index in [2.05, 4.69) is 81.6 Å². The van der Waals surface area contributed by atoms with Gasteiger partial charge in [0.25, 0.3) is 0 Å². The molecule has 0 bridgehead atoms. The predicted molar refractivity (Wildman–Crippen MR) is 129 cm³/mol. The molecule has 1 aromatic carbocycles. The number of rotatable bonds is 9. The molecule has 1 aliphatic heterocycles. The summed E-state index contributed by atoms with van der Waals surface area (Å²) in [7, 11) is 2.09. The zero-order valence-corrected chi connectivity index (χ0v) is 19.5. The van der Waals surface area contributed by atoms with Crippen molar-refractivity contribution in [1.29, 1.82) is 0 Å². The predicted octanol–water partition coefficient (Wildman–Crippen LogP) is 3.45. The van der Waals surface area contributed by atoms with Gasteiger partial charge >= 0.3 is 0 Å². The Kier molecular flexibility index (Phi) is 8.96. The van der Waals surface area contributed by atoms with Crippen molar-refractivity contribution < 1.29 is 0 Å². The molecule has 2 aromatic rings. The molecule has 0 spiro atoms. The van der Waals surface area contributed by atoms with Gasteiger partial charge < -0.3 is 15.1 Å². The van der Waals surface area contributed by atoms with E-state index in [1.54, 1.807) is 11.3 Å². The van der Waals surface area contributed by atoms with Crippen molar-refractivity contribution in [3.63, 3.8) is 0 Å². The lowest BCUT2D eigenvalue weighted by Gasteiger charge is -2.36. The second-order valence-electron chi connectivity index (χ2n) is 7.82. The normalized spacial score (nSPS) is 15.4. The van der Waals surface area contributed by atoms with Gasteiger partial charge in [-0.15, -0.1) is 11.3 Å². The number of unbranched alkanes of at least 4 members (excludes halogenated alkanes) is 1. The topological polar surface area (TPSA) is 47.0 Å². The van der Waals surface area contributed by atoms with Crippen LogP contribution < -0.4 is 10.2 Å². The van der Waals surface area contributed by atoms with Crippen molar-refractivity contribution in [1.82, 2.24) is 20.1 Å². The Morgan fingerprint density at radius 3 is 2.60 bits per heavy atom. The highest BCUT2D eigenvalue weighted by atomic mass is 32.1. The number of benzene rings is 1. The zero-order valence-electron chi connectivity index (χ0n) is 18.7. The Labute approximate surface area is 185 Å². The summed E-state index contributed by atoms with van der Waals surface area (Å²) < 4.78 is 0. The number of aryl methyl sites for hydroxylation is 1. The van der Waals surface area contributed by atoms with Gasteiger partial charge in [0.2, 0.25) is 0 Å². The number of hydrogen-bond acceptors (Lipinski definition) is 5. The average molecular weight is 429 g/mol. The van der Waals surface area contributed by atoms with Gasteiger partial charge in [-0.05, 0) is 45.4 Å². The summed E-state index contributed by atoms with van der Waals surface area (Å²) in [6, 6.07) is 10.8. The monoisotopic (exact) mass is 428 g/mol. The SMILES string of the molecule is CCNC(=NCCCCN1CCN(c2ccccc2)CC1)N(C)Cc1csc(C)n1. The van der Waals surface area contributed by atoms with Crippen LogP contribution in [0.1, 0.15) is 30.5 Å². The van der Waals surface area contributed by atoms with Gasteiger partial charge in [-0.2, -0.15) is 0 Å². The van der Waals surface area contributed by atoms with Crippen molar-refractivity contribution in [3.05, 3.63) is 46.4 Å². The average Bonchev–Trinajstić information content (AvgIpc) is 3.18. The van der Waals surface area contributed by atoms with Crippen molar-refractivity contribution in [2.75, 3.05) is 57.8 Å². The molecule has 3 rings (SSSR count). The summed E-state index contributed by atoms with van der Waals surface area (Å²) in [5.74, 6) is 0.972. The van der Waals surface area contributed by atoms with Crippen LogP contribution in [0.3, 0.4) is 0 Å². The first kappa shape index (κ1) is 22.6. The third-order valence-electron chi connectivity index (χ3n) is 5.40. The Morgan fingerprint density at radius 2 is 1.93 bits per heavy atom. The van der Waals surface area contributed by atoms with Crippen molar-refractivity contribution in [3.8, 4) is 0 Å². The van der Waals surface area contributed by atoms with E-state index in [1.165, 1.54) is 18.7 Å². The first-order valence-electron chi connectivity index (χ1n) is 11.1. The Hall–Kier alpha value is -2.12. The molecule has 1 N–H and O–H groups in total. The molecule has 0 radical (unpaired) electrons. The maximum atomic E-state index is 4.83. The number of nitrogens with zero attached hydrogens (tertiary/aromatic N) is 5. The molecular weight excluding hydrogens is 392 g/mol. The maximum Gasteiger partial charge on any atom is 0.194 e. The molecule has 0 unspecified atom stereocenters. The van der Waals surface area contributed by atoms with Gasteiger partial charge in [0.15, 0.2) is 5.96 Å². The van der Waals surface area contributed by atoms with E-state index in [9.17, 15) is 0 Å². The van der Waals surface area contributed by atoms with E-state index in [4.69, 9.17) is 4.99 Å². The smallest absolute Gasteiger partial charge is 0.194 e. The van der Waals surface area contributed by atoms with E-state index >= 15 is 0 Å². The van der Waals surface area contributed by atoms with Crippen LogP contribution in [0.5, 0.6) is 0 Å². The standard InChI is InChI=1S/C23H36N6S/c1-4-24-23(27(3)18-21-19-30-20(2)26-21)25-12-8-9-13-28-14-16-29(17-15-28)22-10-6-5-7-11-22/h5-7,10-11,19H,4,8-9,12-18H2,1-3H3,(H,24,25). The summed E-state index contributed by atoms with van der Waals surface area (Å²) in [6.07, 6.45) is 2.32. The molecule has 1 fully saturated rings. The highest BCUT2D eigenvalue weighted by Crippen LogP contribution is 2.15. The second kappa shape index (κ2) is 11.9. The first-order chi connectivity index (χ1) is 14.7. The number of aliphatic imine (C=N–C) groups is 1. The summed E-state index contributed by atoms with van der Waals surface area (Å²) in [5, 5.41) is 6.65. The lowest BCUT2D eigenvalue weighted by atomic mass is 10.2. The number of aromatic nitrogens is 1. The van der Waals surface area contributed by atoms with Gasteiger partial charge in [0.1, 0.15) is 0 Å². The van der Waals surface area contributed by atoms with Crippen LogP contribution in [0.15, 0.2) is 40.7 Å². The van der Waals surface area contributed by atoms with Crippen LogP contribution in [0, 0.1) is 6.92 Å². The Balaban J connectivity index is 1.36. The molecule has 30 heavy (non-hydrogen) atoms. The van der Waals surface area contributed by atoms with E-state index in [-0.39, 0.29) is 0 Å². The highest BCUT2D eigenvalue weighted by molar-refractivity contribution is 7.09. The van der Waals surface area contributed by atoms with Gasteiger partial charge in [-0.3, -0.25) is 9.89 Å². The molecule has 164 valence electrons. The molecule has 0 saturated carbocycles. The minimum atomic E-state index is 0.794. The summed E-state index contributed by atoms with van der Waals surface area (Å²) in [5.41, 5.74) is 2.46. The van der Waals surface area contributed by atoms with Crippen LogP contribution in [0.25, 0.3) is 0 Å². The number of thiazole rings is 1. The van der Waals surface area contributed by atoms with Crippen molar-refractivity contribution in [2.24, 2.45) is 4.99 Å². The molecule has 7 heteroatoms. The van der Waals surface area contributed by atoms with Crippen LogP contribution in [0.2, 0.25) is 0 Å². The molecule has 0 amide bonds. The summed E-state index contributed by atoms with van der Waals surface area (Å²) >= 11 is 1.70. The molecule has 6 nitrogen and oxygen atoms in total. The fourth-order valence-corrected chi connectivity index (χ4v) is 4.37. The lowest BCUT2D eigenvalue weighted by Crippen LogP contribution is -2.46.